The monoisotopic (exact) mass is 513 g/mol. The molecule has 3 amide bonds. The van der Waals surface area contributed by atoms with E-state index in [1.165, 1.54) is 23.9 Å². The second kappa shape index (κ2) is 11.2. The molecule has 1 saturated heterocycles. The number of thiocarbonyl (C=S) groups is 1. The molecule has 11 heteroatoms. The van der Waals surface area contributed by atoms with Crippen molar-refractivity contribution in [1.82, 2.24) is 15.8 Å². The van der Waals surface area contributed by atoms with Gasteiger partial charge in [0.2, 0.25) is 12.7 Å². The molecule has 1 fully saturated rings. The molecule has 35 heavy (non-hydrogen) atoms. The number of benzene rings is 2. The number of hydrogen-bond donors (Lipinski definition) is 3. The Hall–Kier alpha value is -3.57. The maximum absolute atomic E-state index is 12.8. The van der Waals surface area contributed by atoms with E-state index in [9.17, 15) is 19.5 Å². The quantitative estimate of drug-likeness (QED) is 0.213. The third kappa shape index (κ3) is 6.11. The molecule has 2 aromatic rings. The van der Waals surface area contributed by atoms with E-state index < -0.39 is 5.91 Å². The first kappa shape index (κ1) is 24.6. The zero-order valence-corrected chi connectivity index (χ0v) is 20.2. The SMILES string of the molecule is O=C(CCCCCN1C(=O)C(=Cc2ccc3c(c2)OCO3)SC1=S)NNC(=O)c1ccccc1O. The van der Waals surface area contributed by atoms with E-state index in [2.05, 4.69) is 10.9 Å². The summed E-state index contributed by atoms with van der Waals surface area (Å²) in [5.74, 6) is 0.0888. The number of hydrazine groups is 1. The lowest BCUT2D eigenvalue weighted by Crippen LogP contribution is -2.41. The van der Waals surface area contributed by atoms with Crippen molar-refractivity contribution in [3.05, 3.63) is 58.5 Å². The summed E-state index contributed by atoms with van der Waals surface area (Å²) in [5.41, 5.74) is 5.52. The molecule has 2 aliphatic heterocycles. The van der Waals surface area contributed by atoms with Gasteiger partial charge in [-0.3, -0.25) is 30.1 Å². The molecular formula is C24H23N3O6S2. The van der Waals surface area contributed by atoms with Crippen LogP contribution in [0.5, 0.6) is 17.2 Å². The number of para-hydroxylation sites is 1. The molecule has 2 aliphatic rings. The van der Waals surface area contributed by atoms with Gasteiger partial charge in [-0.15, -0.1) is 0 Å². The fourth-order valence-electron chi connectivity index (χ4n) is 3.50. The van der Waals surface area contributed by atoms with Crippen LogP contribution in [0.15, 0.2) is 47.4 Å². The van der Waals surface area contributed by atoms with Crippen LogP contribution >= 0.6 is 24.0 Å². The van der Waals surface area contributed by atoms with Gasteiger partial charge in [-0.05, 0) is 48.7 Å². The summed E-state index contributed by atoms with van der Waals surface area (Å²) in [6.45, 7) is 0.657. The average Bonchev–Trinajstić information content (AvgIpc) is 3.41. The molecule has 0 bridgehead atoms. The van der Waals surface area contributed by atoms with Crippen molar-refractivity contribution in [2.24, 2.45) is 0 Å². The molecule has 2 heterocycles. The van der Waals surface area contributed by atoms with E-state index in [-0.39, 0.29) is 36.3 Å². The molecule has 3 N–H and O–H groups in total. The summed E-state index contributed by atoms with van der Waals surface area (Å²) >= 11 is 6.64. The Morgan fingerprint density at radius 1 is 1.09 bits per heavy atom. The third-order valence-corrected chi connectivity index (χ3v) is 6.70. The van der Waals surface area contributed by atoms with Crippen molar-refractivity contribution in [3.8, 4) is 17.2 Å². The molecule has 0 aliphatic carbocycles. The Morgan fingerprint density at radius 2 is 1.89 bits per heavy atom. The standard InChI is InChI=1S/C24H23N3O6S2/c28-17-7-4-3-6-16(17)22(30)26-25-21(29)8-2-1-5-11-27-23(31)20(35-24(27)34)13-15-9-10-18-19(12-15)33-14-32-18/h3-4,6-7,9-10,12-13,28H,1-2,5,8,11,14H2,(H,25,29)(H,26,30). The fraction of sp³-hybridized carbons (Fsp3) is 0.250. The molecular weight excluding hydrogens is 490 g/mol. The predicted molar refractivity (Wildman–Crippen MR) is 135 cm³/mol. The Labute approximate surface area is 211 Å². The summed E-state index contributed by atoms with van der Waals surface area (Å²) in [4.78, 5) is 38.9. The van der Waals surface area contributed by atoms with Crippen LogP contribution in [0, 0.1) is 0 Å². The number of rotatable bonds is 8. The van der Waals surface area contributed by atoms with Crippen molar-refractivity contribution in [3.63, 3.8) is 0 Å². The molecule has 0 saturated carbocycles. The molecule has 0 unspecified atom stereocenters. The van der Waals surface area contributed by atoms with E-state index in [1.54, 1.807) is 23.1 Å². The Balaban J connectivity index is 1.17. The minimum absolute atomic E-state index is 0.0730. The summed E-state index contributed by atoms with van der Waals surface area (Å²) in [5, 5.41) is 9.67. The number of thioether (sulfide) groups is 1. The third-order valence-electron chi connectivity index (χ3n) is 5.32. The highest BCUT2D eigenvalue weighted by Crippen LogP contribution is 2.36. The van der Waals surface area contributed by atoms with E-state index >= 15 is 0 Å². The number of nitrogens with zero attached hydrogens (tertiary/aromatic N) is 1. The van der Waals surface area contributed by atoms with Gasteiger partial charge in [0, 0.05) is 13.0 Å². The lowest BCUT2D eigenvalue weighted by molar-refractivity contribution is -0.123. The average molecular weight is 514 g/mol. The fourth-order valence-corrected chi connectivity index (χ4v) is 4.81. The summed E-state index contributed by atoms with van der Waals surface area (Å²) in [6.07, 6.45) is 3.97. The van der Waals surface area contributed by atoms with Crippen molar-refractivity contribution in [1.29, 1.82) is 0 Å². The molecule has 182 valence electrons. The van der Waals surface area contributed by atoms with Crippen LogP contribution in [0.1, 0.15) is 41.6 Å². The van der Waals surface area contributed by atoms with Gasteiger partial charge in [0.15, 0.2) is 11.5 Å². The zero-order valence-electron chi connectivity index (χ0n) is 18.6. The van der Waals surface area contributed by atoms with E-state index in [0.717, 1.165) is 5.56 Å². The molecule has 2 aromatic carbocycles. The maximum Gasteiger partial charge on any atom is 0.273 e. The molecule has 0 spiro atoms. The molecule has 0 radical (unpaired) electrons. The number of unbranched alkanes of at least 4 members (excludes halogenated alkanes) is 2. The first-order chi connectivity index (χ1) is 16.9. The van der Waals surface area contributed by atoms with Crippen molar-refractivity contribution < 1.29 is 29.0 Å². The topological polar surface area (TPSA) is 117 Å². The van der Waals surface area contributed by atoms with Crippen LogP contribution in [0.2, 0.25) is 0 Å². The molecule has 9 nitrogen and oxygen atoms in total. The summed E-state index contributed by atoms with van der Waals surface area (Å²) < 4.78 is 11.2. The van der Waals surface area contributed by atoms with Crippen molar-refractivity contribution in [2.45, 2.75) is 25.7 Å². The first-order valence-electron chi connectivity index (χ1n) is 10.9. The minimum Gasteiger partial charge on any atom is -0.507 e. The van der Waals surface area contributed by atoms with Gasteiger partial charge in [0.05, 0.1) is 10.5 Å². The van der Waals surface area contributed by atoms with Gasteiger partial charge in [-0.25, -0.2) is 0 Å². The number of carbonyl (C=O) groups excluding carboxylic acids is 3. The van der Waals surface area contributed by atoms with Crippen LogP contribution < -0.4 is 20.3 Å². The van der Waals surface area contributed by atoms with E-state index in [0.29, 0.717) is 46.5 Å². The Morgan fingerprint density at radius 3 is 2.71 bits per heavy atom. The lowest BCUT2D eigenvalue weighted by Gasteiger charge is -2.14. The maximum atomic E-state index is 12.8. The summed E-state index contributed by atoms with van der Waals surface area (Å²) in [6, 6.07) is 11.5. The molecule has 4 rings (SSSR count). The molecule has 0 aromatic heterocycles. The largest absolute Gasteiger partial charge is 0.507 e. The van der Waals surface area contributed by atoms with E-state index in [1.807, 2.05) is 18.2 Å². The number of phenols is 1. The number of hydrogen-bond acceptors (Lipinski definition) is 8. The highest BCUT2D eigenvalue weighted by molar-refractivity contribution is 8.26. The second-order valence-corrected chi connectivity index (χ2v) is 9.45. The van der Waals surface area contributed by atoms with Gasteiger partial charge in [0.25, 0.3) is 11.8 Å². The number of aromatic hydroxyl groups is 1. The van der Waals surface area contributed by atoms with Gasteiger partial charge >= 0.3 is 0 Å². The van der Waals surface area contributed by atoms with E-state index in [4.69, 9.17) is 21.7 Å². The highest BCUT2D eigenvalue weighted by Gasteiger charge is 2.31. The van der Waals surface area contributed by atoms with Gasteiger partial charge in [-0.1, -0.05) is 48.6 Å². The minimum atomic E-state index is -0.598. The zero-order chi connectivity index (χ0) is 24.8. The van der Waals surface area contributed by atoms with Crippen LogP contribution in [0.3, 0.4) is 0 Å². The number of ether oxygens (including phenoxy) is 2. The van der Waals surface area contributed by atoms with Crippen LogP contribution in [0.25, 0.3) is 6.08 Å². The Kier molecular flexibility index (Phi) is 7.88. The van der Waals surface area contributed by atoms with Crippen molar-refractivity contribution >= 4 is 52.1 Å². The normalized spacial score (nSPS) is 15.5. The predicted octanol–water partition coefficient (Wildman–Crippen LogP) is 3.34. The van der Waals surface area contributed by atoms with Crippen LogP contribution in [-0.2, 0) is 9.59 Å². The Bertz CT molecular complexity index is 1200. The lowest BCUT2D eigenvalue weighted by atomic mass is 10.1. The number of nitrogens with one attached hydrogen (secondary N) is 2. The molecule has 0 atom stereocenters. The second-order valence-electron chi connectivity index (χ2n) is 7.78. The number of carbonyl (C=O) groups is 3. The number of fused-ring (bicyclic) bond motifs is 1. The van der Waals surface area contributed by atoms with Gasteiger partial charge in [-0.2, -0.15) is 0 Å². The summed E-state index contributed by atoms with van der Waals surface area (Å²) in [7, 11) is 0. The van der Waals surface area contributed by atoms with Crippen LogP contribution in [-0.4, -0.2) is 45.4 Å². The van der Waals surface area contributed by atoms with Crippen LogP contribution in [0.4, 0.5) is 0 Å². The van der Waals surface area contributed by atoms with Gasteiger partial charge < -0.3 is 14.6 Å². The number of phenolic OH excluding ortho intramolecular Hbond substituents is 1. The smallest absolute Gasteiger partial charge is 0.273 e. The van der Waals surface area contributed by atoms with Gasteiger partial charge in [0.1, 0.15) is 10.1 Å². The highest BCUT2D eigenvalue weighted by atomic mass is 32.2. The number of amides is 3. The first-order valence-corrected chi connectivity index (χ1v) is 12.2. The van der Waals surface area contributed by atoms with Crippen molar-refractivity contribution in [2.75, 3.05) is 13.3 Å².